The third kappa shape index (κ3) is 7.57. The maximum absolute atomic E-state index is 13.7. The highest BCUT2D eigenvalue weighted by Crippen LogP contribution is 2.34. The van der Waals surface area contributed by atoms with E-state index in [1.54, 1.807) is 25.7 Å². The molecule has 2 aromatic heterocycles. The first-order chi connectivity index (χ1) is 20.2. The molecule has 2 amide bonds. The Kier molecular flexibility index (Phi) is 11.2. The van der Waals surface area contributed by atoms with E-state index in [2.05, 4.69) is 20.5 Å². The molecule has 0 bridgehead atoms. The van der Waals surface area contributed by atoms with Crippen LogP contribution in [0, 0.1) is 18.8 Å². The van der Waals surface area contributed by atoms with Gasteiger partial charge >= 0.3 is 12.2 Å². The molecule has 44 heavy (non-hydrogen) atoms. The Morgan fingerprint density at radius 2 is 1.84 bits per heavy atom. The molecule has 3 aromatic rings. The summed E-state index contributed by atoms with van der Waals surface area (Å²) in [6.07, 6.45) is 4.02. The number of ketones is 1. The van der Waals surface area contributed by atoms with E-state index in [4.69, 9.17) is 9.47 Å². The first-order valence-electron chi connectivity index (χ1n) is 15.3. The fraction of sp³-hybridized carbons (Fsp3) is 0.576. The minimum Gasteiger partial charge on any atom is -1.00 e. The summed E-state index contributed by atoms with van der Waals surface area (Å²) < 4.78 is 17.6. The van der Waals surface area contributed by atoms with Gasteiger partial charge in [-0.25, -0.2) is 14.2 Å². The molecule has 10 nitrogen and oxygen atoms in total. The summed E-state index contributed by atoms with van der Waals surface area (Å²) in [5.41, 5.74) is 2.47. The number of rotatable bonds is 9. The van der Waals surface area contributed by atoms with Crippen molar-refractivity contribution >= 4 is 28.9 Å². The van der Waals surface area contributed by atoms with Crippen molar-refractivity contribution in [2.75, 3.05) is 13.1 Å². The van der Waals surface area contributed by atoms with E-state index < -0.39 is 24.0 Å². The molecule has 1 N–H and O–H groups in total. The minimum atomic E-state index is -0.597. The molecule has 0 aliphatic heterocycles. The number of aromatic nitrogens is 3. The molecule has 0 spiro atoms. The molecule has 242 valence electrons. The minimum absolute atomic E-state index is 0. The summed E-state index contributed by atoms with van der Waals surface area (Å²) in [5, 5.41) is 3.74. The highest BCUT2D eigenvalue weighted by molar-refractivity contribution is 6.11. The molecule has 0 saturated heterocycles. The number of benzene rings is 1. The van der Waals surface area contributed by atoms with Gasteiger partial charge in [-0.3, -0.25) is 4.79 Å². The zero-order valence-electron chi connectivity index (χ0n) is 27.5. The van der Waals surface area contributed by atoms with Crippen LogP contribution in [-0.4, -0.2) is 56.7 Å². The van der Waals surface area contributed by atoms with Crippen LogP contribution in [-0.2, 0) is 29.5 Å². The van der Waals surface area contributed by atoms with Crippen LogP contribution in [0.15, 0.2) is 36.7 Å². The van der Waals surface area contributed by atoms with Crippen molar-refractivity contribution in [1.82, 2.24) is 19.4 Å². The molecule has 2 unspecified atom stereocenters. The molecular formula is C33H48ClN5O5. The number of hydrogen-bond donors (Lipinski definition) is 1. The Morgan fingerprint density at radius 1 is 1.16 bits per heavy atom. The number of halogens is 1. The number of nitrogens with zero attached hydrogens (tertiary/aromatic N) is 4. The summed E-state index contributed by atoms with van der Waals surface area (Å²) in [4.78, 5) is 40.8. The van der Waals surface area contributed by atoms with Crippen LogP contribution in [0.1, 0.15) is 83.0 Å². The molecule has 2 heterocycles. The molecule has 0 saturated carbocycles. The fourth-order valence-corrected chi connectivity index (χ4v) is 5.89. The number of ether oxygens (including phenoxy) is 2. The lowest BCUT2D eigenvalue weighted by Crippen LogP contribution is -3.00. The van der Waals surface area contributed by atoms with Crippen molar-refractivity contribution in [2.45, 2.75) is 92.6 Å². The first-order valence-corrected chi connectivity index (χ1v) is 15.3. The molecular weight excluding hydrogens is 582 g/mol. The molecule has 1 aromatic carbocycles. The van der Waals surface area contributed by atoms with E-state index >= 15 is 0 Å². The molecule has 11 heteroatoms. The smallest absolute Gasteiger partial charge is 0.413 e. The number of carbonyl (C=O) groups is 3. The number of imidazole rings is 1. The largest absolute Gasteiger partial charge is 1.00 e. The van der Waals surface area contributed by atoms with E-state index in [1.165, 1.54) is 0 Å². The standard InChI is InChI=1S/C33H47N5O5.ClH/c1-21(2)30(42-32(41)37(22(3)4)17-16-34-31(40)43-33(6,7)8)38-19-18-36(23(38)5)20-24-14-15-27-28(29(24)39)25-12-10-11-13-26(25)35(27)9;/h10-13,18-19,21-22,24,30H,14-17,20H2,1-9H3;1H. The summed E-state index contributed by atoms with van der Waals surface area (Å²) >= 11 is 0. The highest BCUT2D eigenvalue weighted by atomic mass is 35.5. The first kappa shape index (κ1) is 35.0. The van der Waals surface area contributed by atoms with Gasteiger partial charge in [0.25, 0.3) is 5.82 Å². The van der Waals surface area contributed by atoms with Crippen molar-refractivity contribution in [3.8, 4) is 0 Å². The van der Waals surface area contributed by atoms with Gasteiger partial charge in [-0.05, 0) is 53.5 Å². The lowest BCUT2D eigenvalue weighted by molar-refractivity contribution is -0.706. The van der Waals surface area contributed by atoms with Gasteiger partial charge in [-0.15, -0.1) is 0 Å². The van der Waals surface area contributed by atoms with Crippen LogP contribution < -0.4 is 22.3 Å². The second kappa shape index (κ2) is 14.1. The predicted molar refractivity (Wildman–Crippen MR) is 165 cm³/mol. The number of para-hydroxylation sites is 1. The van der Waals surface area contributed by atoms with Crippen molar-refractivity contribution in [2.24, 2.45) is 18.9 Å². The second-order valence-corrected chi connectivity index (χ2v) is 13.1. The number of aryl methyl sites for hydroxylation is 1. The Morgan fingerprint density at radius 3 is 2.48 bits per heavy atom. The number of nitrogens with one attached hydrogen (secondary N) is 1. The molecule has 0 radical (unpaired) electrons. The van der Waals surface area contributed by atoms with Gasteiger partial charge in [0.2, 0.25) is 6.23 Å². The maximum atomic E-state index is 13.7. The van der Waals surface area contributed by atoms with Gasteiger partial charge in [0.1, 0.15) is 24.5 Å². The van der Waals surface area contributed by atoms with Crippen LogP contribution in [0.3, 0.4) is 0 Å². The monoisotopic (exact) mass is 629 g/mol. The Hall–Kier alpha value is -3.53. The number of carbonyl (C=O) groups excluding carboxylic acids is 3. The highest BCUT2D eigenvalue weighted by Gasteiger charge is 2.36. The van der Waals surface area contributed by atoms with Crippen LogP contribution in [0.4, 0.5) is 9.59 Å². The number of Topliss-reactive ketones (excluding diaryl/α,β-unsaturated/α-hetero) is 1. The molecule has 2 atom stereocenters. The zero-order chi connectivity index (χ0) is 31.6. The zero-order valence-corrected chi connectivity index (χ0v) is 28.3. The quantitative estimate of drug-likeness (QED) is 0.367. The van der Waals surface area contributed by atoms with Gasteiger partial charge in [0, 0.05) is 61.2 Å². The summed E-state index contributed by atoms with van der Waals surface area (Å²) in [5.74, 6) is 0.960. The van der Waals surface area contributed by atoms with E-state index in [9.17, 15) is 14.4 Å². The average molecular weight is 630 g/mol. The fourth-order valence-electron chi connectivity index (χ4n) is 5.89. The van der Waals surface area contributed by atoms with Crippen molar-refractivity contribution < 1.29 is 40.8 Å². The van der Waals surface area contributed by atoms with Crippen LogP contribution >= 0.6 is 0 Å². The topological polar surface area (TPSA) is 98.7 Å². The van der Waals surface area contributed by atoms with Gasteiger partial charge < -0.3 is 36.7 Å². The van der Waals surface area contributed by atoms with E-state index in [-0.39, 0.29) is 49.2 Å². The second-order valence-electron chi connectivity index (χ2n) is 13.1. The predicted octanol–water partition coefficient (Wildman–Crippen LogP) is 2.55. The van der Waals surface area contributed by atoms with Crippen molar-refractivity contribution in [1.29, 1.82) is 0 Å². The lowest BCUT2D eigenvalue weighted by Gasteiger charge is -2.29. The van der Waals surface area contributed by atoms with Crippen LogP contribution in [0.5, 0.6) is 0 Å². The van der Waals surface area contributed by atoms with Gasteiger partial charge in [0.15, 0.2) is 5.78 Å². The summed E-state index contributed by atoms with van der Waals surface area (Å²) in [6, 6.07) is 7.98. The lowest BCUT2D eigenvalue weighted by atomic mass is 9.85. The number of alkyl carbamates (subject to hydrolysis) is 1. The normalized spacial score (nSPS) is 15.6. The average Bonchev–Trinajstić information content (AvgIpc) is 3.42. The van der Waals surface area contributed by atoms with Crippen molar-refractivity contribution in [3.63, 3.8) is 0 Å². The van der Waals surface area contributed by atoms with Crippen molar-refractivity contribution in [3.05, 3.63) is 53.7 Å². The van der Waals surface area contributed by atoms with E-state index in [0.29, 0.717) is 6.54 Å². The molecule has 1 aliphatic carbocycles. The van der Waals surface area contributed by atoms with E-state index in [1.807, 2.05) is 76.8 Å². The van der Waals surface area contributed by atoms with Crippen LogP contribution in [0.25, 0.3) is 10.9 Å². The Balaban J connectivity index is 0.00000529. The number of hydrogen-bond acceptors (Lipinski definition) is 5. The molecule has 0 fully saturated rings. The van der Waals surface area contributed by atoms with Crippen LogP contribution in [0.2, 0.25) is 0 Å². The van der Waals surface area contributed by atoms with Gasteiger partial charge in [-0.1, -0.05) is 32.0 Å². The summed E-state index contributed by atoms with van der Waals surface area (Å²) in [7, 11) is 2.04. The summed E-state index contributed by atoms with van der Waals surface area (Å²) in [6.45, 7) is 16.3. The molecule has 1 aliphatic rings. The Labute approximate surface area is 267 Å². The van der Waals surface area contributed by atoms with E-state index in [0.717, 1.165) is 40.8 Å². The third-order valence-corrected chi connectivity index (χ3v) is 8.13. The molecule has 4 rings (SSSR count). The SMILES string of the molecule is Cc1n(C(OC(=O)N(CCNC(=O)OC(C)(C)C)C(C)C)C(C)C)cc[n+]1CC1CCc2c(c3ccccc3n2C)C1=O.[Cl-]. The number of fused-ring (bicyclic) bond motifs is 3. The maximum Gasteiger partial charge on any atom is 0.413 e. The number of amides is 2. The van der Waals surface area contributed by atoms with Gasteiger partial charge in [-0.2, -0.15) is 4.57 Å². The third-order valence-electron chi connectivity index (χ3n) is 8.13. The van der Waals surface area contributed by atoms with Gasteiger partial charge in [0.05, 0.1) is 5.92 Å². The Bertz CT molecular complexity index is 1490.